The normalized spacial score (nSPS) is 11.1. The van der Waals surface area contributed by atoms with Crippen LogP contribution in [0.5, 0.6) is 11.5 Å². The van der Waals surface area contributed by atoms with Gasteiger partial charge in [0.2, 0.25) is 0 Å². The van der Waals surface area contributed by atoms with Gasteiger partial charge in [-0.15, -0.1) is 0 Å². The monoisotopic (exact) mass is 748 g/mol. The summed E-state index contributed by atoms with van der Waals surface area (Å²) < 4.78 is 41.1. The molecule has 0 atom stereocenters. The highest BCUT2D eigenvalue weighted by Crippen LogP contribution is 2.40. The predicted molar refractivity (Wildman–Crippen MR) is 220 cm³/mol. The predicted octanol–water partition coefficient (Wildman–Crippen LogP) is 12.2. The summed E-state index contributed by atoms with van der Waals surface area (Å²) in [6.07, 6.45) is 0. The first-order valence-corrected chi connectivity index (χ1v) is 17.9. The van der Waals surface area contributed by atoms with Crippen molar-refractivity contribution in [3.05, 3.63) is 154 Å². The average Bonchev–Trinajstić information content (AvgIpc) is 3.20. The molecule has 0 aliphatic carbocycles. The van der Waals surface area contributed by atoms with Crippen LogP contribution in [0.4, 0.5) is 8.78 Å². The fourth-order valence-corrected chi connectivity index (χ4v) is 7.23. The van der Waals surface area contributed by atoms with Crippen LogP contribution in [0.3, 0.4) is 0 Å². The molecule has 0 saturated carbocycles. The fourth-order valence-electron chi connectivity index (χ4n) is 7.23. The number of methoxy groups -OCH3 is 2. The van der Waals surface area contributed by atoms with E-state index in [9.17, 15) is 14.0 Å². The van der Waals surface area contributed by atoms with Crippen molar-refractivity contribution in [3.63, 3.8) is 0 Å². The van der Waals surface area contributed by atoms with Crippen LogP contribution in [0.25, 0.3) is 65.3 Å². The van der Waals surface area contributed by atoms with Crippen LogP contribution in [0.1, 0.15) is 43.0 Å². The summed E-state index contributed by atoms with van der Waals surface area (Å²) in [6.45, 7) is 8.26. The van der Waals surface area contributed by atoms with Crippen molar-refractivity contribution in [3.8, 4) is 33.8 Å². The molecule has 8 aromatic rings. The lowest BCUT2D eigenvalue weighted by Crippen LogP contribution is -1.97. The Kier molecular flexibility index (Phi) is 9.91. The lowest BCUT2D eigenvalue weighted by atomic mass is 9.93. The number of hydrogen-bond donors (Lipinski definition) is 2. The maximum atomic E-state index is 15.4. The number of hydrogen-bond acceptors (Lipinski definition) is 4. The standard InChI is InChI=1S/2C24H19FO3/c1-13-4-5-16-11-22(28-3)21(12-20(16)14(13)2)19-9-6-15-10-17(24(26)27)7-8-18(15)23(19)25;1-13-4-5-17-11-23(28-3)21(12-19(17)14(13)2)16-7-6-15-8-18(24(26)27)10-22(25)20(15)9-16/h2*4-12H,1-3H3,(H,26,27). The largest absolute Gasteiger partial charge is 0.496 e. The van der Waals surface area contributed by atoms with Gasteiger partial charge in [-0.05, 0) is 142 Å². The van der Waals surface area contributed by atoms with Gasteiger partial charge in [-0.3, -0.25) is 0 Å². The lowest BCUT2D eigenvalue weighted by molar-refractivity contribution is 0.0686. The van der Waals surface area contributed by atoms with Crippen LogP contribution in [-0.2, 0) is 0 Å². The van der Waals surface area contributed by atoms with Gasteiger partial charge in [0.05, 0.1) is 25.3 Å². The summed E-state index contributed by atoms with van der Waals surface area (Å²) in [4.78, 5) is 22.3. The maximum absolute atomic E-state index is 15.4. The van der Waals surface area contributed by atoms with E-state index >= 15 is 4.39 Å². The Morgan fingerprint density at radius 3 is 1.57 bits per heavy atom. The summed E-state index contributed by atoms with van der Waals surface area (Å²) in [7, 11) is 3.19. The number of carbonyl (C=O) groups is 2. The van der Waals surface area contributed by atoms with E-state index in [0.29, 0.717) is 44.2 Å². The Morgan fingerprint density at radius 1 is 0.482 bits per heavy atom. The molecule has 0 unspecified atom stereocenters. The SMILES string of the molecule is COc1cc2ccc(C)c(C)c2cc1-c1ccc2cc(C(=O)O)cc(F)c2c1.COc1cc2ccc(C)c(C)c2cc1-c1ccc2cc(C(=O)O)ccc2c1F. The first-order chi connectivity index (χ1) is 26.8. The first kappa shape index (κ1) is 37.5. The molecule has 0 aliphatic heterocycles. The Balaban J connectivity index is 0.000000172. The maximum Gasteiger partial charge on any atom is 0.335 e. The van der Waals surface area contributed by atoms with Gasteiger partial charge in [0, 0.05) is 27.5 Å². The molecule has 2 N–H and O–H groups in total. The molecule has 0 heterocycles. The Bertz CT molecular complexity index is 2900. The molecular formula is C48H38F2O6. The fraction of sp³-hybridized carbons (Fsp3) is 0.125. The molecule has 0 spiro atoms. The molecule has 0 radical (unpaired) electrons. The van der Waals surface area contributed by atoms with Crippen molar-refractivity contribution in [1.29, 1.82) is 0 Å². The van der Waals surface area contributed by atoms with Crippen molar-refractivity contribution in [1.82, 2.24) is 0 Å². The molecule has 0 amide bonds. The van der Waals surface area contributed by atoms with Crippen LogP contribution >= 0.6 is 0 Å². The quantitative estimate of drug-likeness (QED) is 0.176. The first-order valence-electron chi connectivity index (χ1n) is 17.9. The number of carboxylic acid groups (broad SMARTS) is 2. The summed E-state index contributed by atoms with van der Waals surface area (Å²) >= 11 is 0. The molecule has 8 aromatic carbocycles. The smallest absolute Gasteiger partial charge is 0.335 e. The molecule has 56 heavy (non-hydrogen) atoms. The third-order valence-electron chi connectivity index (χ3n) is 10.7. The Hall–Kier alpha value is -6.80. The Labute approximate surface area is 322 Å². The van der Waals surface area contributed by atoms with E-state index in [0.717, 1.165) is 44.3 Å². The van der Waals surface area contributed by atoms with E-state index in [1.165, 1.54) is 41.0 Å². The van der Waals surface area contributed by atoms with Gasteiger partial charge in [-0.25, -0.2) is 18.4 Å². The van der Waals surface area contributed by atoms with E-state index in [1.807, 2.05) is 30.3 Å². The molecule has 280 valence electrons. The van der Waals surface area contributed by atoms with Crippen LogP contribution in [0, 0.1) is 39.3 Å². The minimum absolute atomic E-state index is 0.0628. The molecule has 0 saturated heterocycles. The van der Waals surface area contributed by atoms with Gasteiger partial charge in [0.25, 0.3) is 0 Å². The third kappa shape index (κ3) is 6.75. The molecule has 0 fully saturated rings. The summed E-state index contributed by atoms with van der Waals surface area (Å²) in [5.41, 5.74) is 7.56. The highest BCUT2D eigenvalue weighted by Gasteiger charge is 2.18. The van der Waals surface area contributed by atoms with Crippen molar-refractivity contribution in [2.24, 2.45) is 0 Å². The van der Waals surface area contributed by atoms with Crippen molar-refractivity contribution in [2.45, 2.75) is 27.7 Å². The number of carboxylic acids is 2. The van der Waals surface area contributed by atoms with Gasteiger partial charge in [-0.2, -0.15) is 0 Å². The van der Waals surface area contributed by atoms with E-state index < -0.39 is 23.6 Å². The van der Waals surface area contributed by atoms with Crippen LogP contribution in [0.2, 0.25) is 0 Å². The molecule has 0 aliphatic rings. The van der Waals surface area contributed by atoms with Crippen molar-refractivity contribution < 1.29 is 38.1 Å². The molecule has 8 rings (SSSR count). The molecule has 6 nitrogen and oxygen atoms in total. The number of benzene rings is 8. The molecule has 0 bridgehead atoms. The lowest BCUT2D eigenvalue weighted by Gasteiger charge is -2.15. The second kappa shape index (κ2) is 14.8. The van der Waals surface area contributed by atoms with Gasteiger partial charge < -0.3 is 19.7 Å². The average molecular weight is 749 g/mol. The summed E-state index contributed by atoms with van der Waals surface area (Å²) in [5, 5.41) is 24.4. The van der Waals surface area contributed by atoms with E-state index in [1.54, 1.807) is 38.5 Å². The molecule has 8 heteroatoms. The highest BCUT2D eigenvalue weighted by molar-refractivity contribution is 6.00. The summed E-state index contributed by atoms with van der Waals surface area (Å²) in [6, 6.07) is 31.9. The zero-order valence-electron chi connectivity index (χ0n) is 31.7. The Morgan fingerprint density at radius 2 is 0.982 bits per heavy atom. The zero-order valence-corrected chi connectivity index (χ0v) is 31.7. The number of halogens is 2. The number of ether oxygens (including phenoxy) is 2. The van der Waals surface area contributed by atoms with E-state index in [-0.39, 0.29) is 11.1 Å². The second-order valence-corrected chi connectivity index (χ2v) is 13.9. The topological polar surface area (TPSA) is 93.1 Å². The van der Waals surface area contributed by atoms with E-state index in [2.05, 4.69) is 52.0 Å². The van der Waals surface area contributed by atoms with Crippen molar-refractivity contribution in [2.75, 3.05) is 14.2 Å². The minimum Gasteiger partial charge on any atom is -0.496 e. The van der Waals surface area contributed by atoms with Gasteiger partial charge >= 0.3 is 11.9 Å². The minimum atomic E-state index is -1.15. The number of aromatic carboxylic acids is 2. The van der Waals surface area contributed by atoms with Crippen LogP contribution < -0.4 is 9.47 Å². The van der Waals surface area contributed by atoms with Crippen molar-refractivity contribution >= 4 is 55.0 Å². The van der Waals surface area contributed by atoms with Gasteiger partial charge in [-0.1, -0.05) is 54.6 Å². The van der Waals surface area contributed by atoms with Gasteiger partial charge in [0.15, 0.2) is 0 Å². The third-order valence-corrected chi connectivity index (χ3v) is 10.7. The van der Waals surface area contributed by atoms with E-state index in [4.69, 9.17) is 19.7 Å². The number of aryl methyl sites for hydroxylation is 4. The van der Waals surface area contributed by atoms with Crippen LogP contribution in [-0.4, -0.2) is 36.4 Å². The number of rotatable bonds is 6. The highest BCUT2D eigenvalue weighted by atomic mass is 19.1. The molecular weight excluding hydrogens is 711 g/mol. The van der Waals surface area contributed by atoms with Crippen LogP contribution in [0.15, 0.2) is 109 Å². The number of fused-ring (bicyclic) bond motifs is 4. The van der Waals surface area contributed by atoms with Gasteiger partial charge in [0.1, 0.15) is 23.1 Å². The zero-order chi connectivity index (χ0) is 40.0. The second-order valence-electron chi connectivity index (χ2n) is 13.9. The summed E-state index contributed by atoms with van der Waals surface area (Å²) in [5.74, 6) is -1.82. The molecule has 0 aromatic heterocycles.